The SMILES string of the molecule is CCC(CC)(CNC(=O)c1n[nH]c(C2CC2)c1N)SC. The number of thioether (sulfide) groups is 1. The monoisotopic (exact) mass is 296 g/mol. The van der Waals surface area contributed by atoms with Gasteiger partial charge in [0.05, 0.1) is 11.4 Å². The van der Waals surface area contributed by atoms with Crippen molar-refractivity contribution in [1.82, 2.24) is 15.5 Å². The Morgan fingerprint density at radius 2 is 2.15 bits per heavy atom. The van der Waals surface area contributed by atoms with E-state index in [1.807, 2.05) is 0 Å². The number of H-pyrrole nitrogens is 1. The van der Waals surface area contributed by atoms with Gasteiger partial charge in [-0.15, -0.1) is 0 Å². The van der Waals surface area contributed by atoms with Crippen LogP contribution in [0.15, 0.2) is 0 Å². The summed E-state index contributed by atoms with van der Waals surface area (Å²) < 4.78 is 0.0973. The number of aromatic amines is 1. The van der Waals surface area contributed by atoms with E-state index in [0.717, 1.165) is 31.4 Å². The summed E-state index contributed by atoms with van der Waals surface area (Å²) in [5.74, 6) is 0.298. The Bertz CT molecular complexity index is 469. The van der Waals surface area contributed by atoms with Gasteiger partial charge >= 0.3 is 0 Å². The second kappa shape index (κ2) is 6.08. The van der Waals surface area contributed by atoms with E-state index in [1.165, 1.54) is 0 Å². The number of nitrogens with two attached hydrogens (primary N) is 1. The average Bonchev–Trinajstić information content (AvgIpc) is 3.24. The molecular weight excluding hydrogens is 272 g/mol. The van der Waals surface area contributed by atoms with Crippen molar-refractivity contribution < 1.29 is 4.79 Å². The van der Waals surface area contributed by atoms with Gasteiger partial charge in [-0.2, -0.15) is 16.9 Å². The molecule has 0 atom stereocenters. The molecular formula is C14H24N4OS. The number of hydrogen-bond acceptors (Lipinski definition) is 4. The fourth-order valence-electron chi connectivity index (χ4n) is 2.41. The molecule has 1 amide bonds. The molecule has 0 saturated heterocycles. The van der Waals surface area contributed by atoms with Crippen LogP contribution in [0.2, 0.25) is 0 Å². The minimum atomic E-state index is -0.175. The molecule has 20 heavy (non-hydrogen) atoms. The number of carbonyl (C=O) groups excluding carboxylic acids is 1. The van der Waals surface area contributed by atoms with Gasteiger partial charge in [0.15, 0.2) is 5.69 Å². The number of anilines is 1. The van der Waals surface area contributed by atoms with E-state index in [1.54, 1.807) is 11.8 Å². The summed E-state index contributed by atoms with van der Waals surface area (Å²) in [6.45, 7) is 4.95. The van der Waals surface area contributed by atoms with E-state index >= 15 is 0 Å². The zero-order valence-corrected chi connectivity index (χ0v) is 13.3. The number of carbonyl (C=O) groups is 1. The summed E-state index contributed by atoms with van der Waals surface area (Å²) in [7, 11) is 0. The molecule has 1 heterocycles. The van der Waals surface area contributed by atoms with Gasteiger partial charge in [-0.25, -0.2) is 0 Å². The highest BCUT2D eigenvalue weighted by atomic mass is 32.2. The van der Waals surface area contributed by atoms with Crippen molar-refractivity contribution in [2.24, 2.45) is 0 Å². The number of nitrogen functional groups attached to an aromatic ring is 1. The van der Waals surface area contributed by atoms with Crippen LogP contribution in [0.1, 0.15) is 61.6 Å². The Kier molecular flexibility index (Phi) is 4.62. The van der Waals surface area contributed by atoms with E-state index in [4.69, 9.17) is 5.73 Å². The van der Waals surface area contributed by atoms with E-state index in [-0.39, 0.29) is 10.7 Å². The van der Waals surface area contributed by atoms with Gasteiger partial charge in [0.25, 0.3) is 5.91 Å². The van der Waals surface area contributed by atoms with Gasteiger partial charge < -0.3 is 11.1 Å². The van der Waals surface area contributed by atoms with Crippen LogP contribution in [0.25, 0.3) is 0 Å². The molecule has 4 N–H and O–H groups in total. The van der Waals surface area contributed by atoms with Crippen molar-refractivity contribution in [3.63, 3.8) is 0 Å². The van der Waals surface area contributed by atoms with E-state index in [9.17, 15) is 4.79 Å². The Hall–Kier alpha value is -1.17. The lowest BCUT2D eigenvalue weighted by Crippen LogP contribution is -2.39. The number of aromatic nitrogens is 2. The van der Waals surface area contributed by atoms with Crippen molar-refractivity contribution in [3.05, 3.63) is 11.4 Å². The minimum absolute atomic E-state index is 0.0973. The molecule has 1 aromatic rings. The maximum atomic E-state index is 12.2. The van der Waals surface area contributed by atoms with Crippen molar-refractivity contribution >= 4 is 23.4 Å². The first kappa shape index (κ1) is 15.2. The first-order valence-electron chi connectivity index (χ1n) is 7.24. The highest BCUT2D eigenvalue weighted by Crippen LogP contribution is 2.42. The number of amides is 1. The third kappa shape index (κ3) is 2.95. The van der Waals surface area contributed by atoms with Gasteiger partial charge in [0.1, 0.15) is 0 Å². The van der Waals surface area contributed by atoms with Crippen LogP contribution in [0.3, 0.4) is 0 Å². The largest absolute Gasteiger partial charge is 0.395 e. The molecule has 0 aromatic carbocycles. The molecule has 0 unspecified atom stereocenters. The molecule has 2 rings (SSSR count). The maximum Gasteiger partial charge on any atom is 0.273 e. The van der Waals surface area contributed by atoms with E-state index in [0.29, 0.717) is 23.8 Å². The van der Waals surface area contributed by atoms with Crippen LogP contribution in [0.4, 0.5) is 5.69 Å². The van der Waals surface area contributed by atoms with Gasteiger partial charge in [0, 0.05) is 17.2 Å². The van der Waals surface area contributed by atoms with Crippen LogP contribution in [0.5, 0.6) is 0 Å². The first-order valence-corrected chi connectivity index (χ1v) is 8.46. The topological polar surface area (TPSA) is 83.8 Å². The zero-order chi connectivity index (χ0) is 14.8. The standard InChI is InChI=1S/C14H24N4OS/c1-4-14(5-2,20-3)8-16-13(19)12-10(15)11(17-18-12)9-6-7-9/h9H,4-8,15H2,1-3H3,(H,16,19)(H,17,18). The van der Waals surface area contributed by atoms with Crippen LogP contribution in [-0.4, -0.2) is 33.7 Å². The Morgan fingerprint density at radius 3 is 2.65 bits per heavy atom. The number of nitrogens with zero attached hydrogens (tertiary/aromatic N) is 1. The average molecular weight is 296 g/mol. The van der Waals surface area contributed by atoms with Crippen molar-refractivity contribution in [3.8, 4) is 0 Å². The molecule has 1 aliphatic rings. The molecule has 1 aromatic heterocycles. The lowest BCUT2D eigenvalue weighted by molar-refractivity contribution is 0.0945. The Balaban J connectivity index is 2.01. The summed E-state index contributed by atoms with van der Waals surface area (Å²) in [6.07, 6.45) is 6.40. The lowest BCUT2D eigenvalue weighted by Gasteiger charge is -2.29. The number of rotatable bonds is 7. The van der Waals surface area contributed by atoms with Crippen LogP contribution in [-0.2, 0) is 0 Å². The third-order valence-electron chi connectivity index (χ3n) is 4.33. The normalized spacial score (nSPS) is 15.3. The van der Waals surface area contributed by atoms with Crippen molar-refractivity contribution in [2.75, 3.05) is 18.5 Å². The van der Waals surface area contributed by atoms with Crippen molar-refractivity contribution in [2.45, 2.75) is 50.2 Å². The molecule has 1 fully saturated rings. The quantitative estimate of drug-likeness (QED) is 0.722. The smallest absolute Gasteiger partial charge is 0.273 e. The van der Waals surface area contributed by atoms with Gasteiger partial charge in [-0.05, 0) is 31.9 Å². The lowest BCUT2D eigenvalue weighted by atomic mass is 10.0. The van der Waals surface area contributed by atoms with Crippen molar-refractivity contribution in [1.29, 1.82) is 0 Å². The van der Waals surface area contributed by atoms with Crippen LogP contribution < -0.4 is 11.1 Å². The number of hydrogen-bond donors (Lipinski definition) is 3. The molecule has 0 aliphatic heterocycles. The second-order valence-electron chi connectivity index (χ2n) is 5.45. The van der Waals surface area contributed by atoms with E-state index in [2.05, 4.69) is 35.6 Å². The second-order valence-corrected chi connectivity index (χ2v) is 6.73. The Labute approximate surface area is 124 Å². The van der Waals surface area contributed by atoms with E-state index < -0.39 is 0 Å². The summed E-state index contributed by atoms with van der Waals surface area (Å²) in [5, 5.41) is 9.99. The van der Waals surface area contributed by atoms with Crippen LogP contribution >= 0.6 is 11.8 Å². The summed E-state index contributed by atoms with van der Waals surface area (Å²) in [5.41, 5.74) is 7.81. The molecule has 1 saturated carbocycles. The zero-order valence-electron chi connectivity index (χ0n) is 12.5. The summed E-state index contributed by atoms with van der Waals surface area (Å²) in [4.78, 5) is 12.2. The van der Waals surface area contributed by atoms with Gasteiger partial charge in [-0.1, -0.05) is 13.8 Å². The van der Waals surface area contributed by atoms with Gasteiger partial charge in [0.2, 0.25) is 0 Å². The Morgan fingerprint density at radius 1 is 1.50 bits per heavy atom. The molecule has 6 heteroatoms. The summed E-state index contributed by atoms with van der Waals surface area (Å²) in [6, 6.07) is 0. The predicted octanol–water partition coefficient (Wildman–Crippen LogP) is 2.52. The molecule has 0 bridgehead atoms. The first-order chi connectivity index (χ1) is 9.56. The molecule has 0 spiro atoms. The predicted molar refractivity (Wildman–Crippen MR) is 84.1 cm³/mol. The molecule has 112 valence electrons. The fraction of sp³-hybridized carbons (Fsp3) is 0.714. The fourth-order valence-corrected chi connectivity index (χ4v) is 3.20. The minimum Gasteiger partial charge on any atom is -0.395 e. The summed E-state index contributed by atoms with van der Waals surface area (Å²) >= 11 is 1.80. The molecule has 1 aliphatic carbocycles. The van der Waals surface area contributed by atoms with Gasteiger partial charge in [-0.3, -0.25) is 9.89 Å². The maximum absolute atomic E-state index is 12.2. The molecule has 0 radical (unpaired) electrons. The molecule has 5 nitrogen and oxygen atoms in total. The third-order valence-corrected chi connectivity index (χ3v) is 5.91. The number of nitrogens with one attached hydrogen (secondary N) is 2. The van der Waals surface area contributed by atoms with Crippen LogP contribution in [0, 0.1) is 0 Å². The highest BCUT2D eigenvalue weighted by molar-refractivity contribution is 8.00. The highest BCUT2D eigenvalue weighted by Gasteiger charge is 2.31.